The summed E-state index contributed by atoms with van der Waals surface area (Å²) in [5.74, 6) is -1.63. The lowest BCUT2D eigenvalue weighted by atomic mass is 9.85. The second-order valence-electron chi connectivity index (χ2n) is 6.86. The number of aromatic carboxylic acids is 1. The van der Waals surface area contributed by atoms with Gasteiger partial charge in [0.25, 0.3) is 0 Å². The minimum absolute atomic E-state index is 0.0628. The first-order valence-electron chi connectivity index (χ1n) is 8.89. The molecule has 0 bridgehead atoms. The molecule has 3 aromatic rings. The van der Waals surface area contributed by atoms with Crippen LogP contribution in [0.15, 0.2) is 60.7 Å². The van der Waals surface area contributed by atoms with Gasteiger partial charge in [0.2, 0.25) is 0 Å². The fraction of sp³-hybridized carbons (Fsp3) is 0.174. The Balaban J connectivity index is 2.10. The van der Waals surface area contributed by atoms with Crippen molar-refractivity contribution in [3.05, 3.63) is 98.5 Å². The Labute approximate surface area is 174 Å². The van der Waals surface area contributed by atoms with Gasteiger partial charge >= 0.3 is 5.97 Å². The van der Waals surface area contributed by atoms with Crippen LogP contribution < -0.4 is 0 Å². The van der Waals surface area contributed by atoms with Crippen LogP contribution in [0.2, 0.25) is 10.0 Å². The molecule has 0 aliphatic heterocycles. The third-order valence-electron chi connectivity index (χ3n) is 5.10. The summed E-state index contributed by atoms with van der Waals surface area (Å²) in [7, 11) is 0. The molecular formula is C23H20Cl2O3. The predicted molar refractivity (Wildman–Crippen MR) is 113 cm³/mol. The smallest absolute Gasteiger partial charge is 0.339 e. The van der Waals surface area contributed by atoms with Crippen LogP contribution in [0.4, 0.5) is 0 Å². The van der Waals surface area contributed by atoms with Gasteiger partial charge in [-0.15, -0.1) is 0 Å². The van der Waals surface area contributed by atoms with Crippen molar-refractivity contribution in [2.75, 3.05) is 0 Å². The molecule has 2 unspecified atom stereocenters. The van der Waals surface area contributed by atoms with E-state index in [9.17, 15) is 15.0 Å². The highest BCUT2D eigenvalue weighted by molar-refractivity contribution is 6.30. The number of aromatic hydroxyl groups is 1. The van der Waals surface area contributed by atoms with Crippen molar-refractivity contribution in [2.45, 2.75) is 25.7 Å². The third kappa shape index (κ3) is 4.16. The molecule has 3 nitrogen and oxygen atoms in total. The Morgan fingerprint density at radius 1 is 0.786 bits per heavy atom. The molecule has 3 rings (SSSR count). The Hall–Kier alpha value is -2.49. The van der Waals surface area contributed by atoms with Gasteiger partial charge in [0.05, 0.1) is 0 Å². The molecule has 0 spiro atoms. The van der Waals surface area contributed by atoms with E-state index in [0.29, 0.717) is 15.6 Å². The van der Waals surface area contributed by atoms with Crippen LogP contribution in [0.3, 0.4) is 0 Å². The minimum Gasteiger partial charge on any atom is -0.507 e. The summed E-state index contributed by atoms with van der Waals surface area (Å²) < 4.78 is 0. The molecule has 144 valence electrons. The van der Waals surface area contributed by atoms with Gasteiger partial charge < -0.3 is 10.2 Å². The van der Waals surface area contributed by atoms with E-state index >= 15 is 0 Å². The number of hydrogen-bond donors (Lipinski definition) is 2. The highest BCUT2D eigenvalue weighted by atomic mass is 35.5. The van der Waals surface area contributed by atoms with Crippen molar-refractivity contribution in [1.82, 2.24) is 0 Å². The first-order valence-corrected chi connectivity index (χ1v) is 9.64. The molecule has 0 aromatic heterocycles. The Morgan fingerprint density at radius 2 is 1.25 bits per heavy atom. The quantitative estimate of drug-likeness (QED) is 0.488. The average molecular weight is 415 g/mol. The van der Waals surface area contributed by atoms with Crippen molar-refractivity contribution < 1.29 is 15.0 Å². The molecule has 5 heteroatoms. The van der Waals surface area contributed by atoms with Crippen LogP contribution in [0.25, 0.3) is 0 Å². The van der Waals surface area contributed by atoms with Crippen LogP contribution in [0, 0.1) is 0 Å². The van der Waals surface area contributed by atoms with Crippen molar-refractivity contribution in [3.63, 3.8) is 0 Å². The molecule has 0 radical (unpaired) electrons. The van der Waals surface area contributed by atoms with Crippen molar-refractivity contribution in [1.29, 1.82) is 0 Å². The second kappa shape index (κ2) is 8.26. The summed E-state index contributed by atoms with van der Waals surface area (Å²) in [6, 6.07) is 18.2. The molecule has 0 heterocycles. The molecule has 0 aliphatic rings. The minimum atomic E-state index is -1.16. The van der Waals surface area contributed by atoms with E-state index in [1.54, 1.807) is 12.1 Å². The van der Waals surface area contributed by atoms with Crippen molar-refractivity contribution >= 4 is 29.2 Å². The highest BCUT2D eigenvalue weighted by Gasteiger charge is 2.22. The molecular weight excluding hydrogens is 395 g/mol. The maximum atomic E-state index is 11.7. The first kappa shape index (κ1) is 20.2. The van der Waals surface area contributed by atoms with Crippen LogP contribution in [0.5, 0.6) is 5.75 Å². The van der Waals surface area contributed by atoms with Crippen LogP contribution in [-0.4, -0.2) is 16.2 Å². The fourth-order valence-corrected chi connectivity index (χ4v) is 3.55. The van der Waals surface area contributed by atoms with Gasteiger partial charge in [-0.3, -0.25) is 0 Å². The summed E-state index contributed by atoms with van der Waals surface area (Å²) in [6.45, 7) is 3.93. The normalized spacial score (nSPS) is 13.1. The SMILES string of the molecule is CC(c1ccc(Cl)cc1)c1cc(C(=O)O)c(O)c(C(C)c2ccc(Cl)cc2)c1. The lowest BCUT2D eigenvalue weighted by Crippen LogP contribution is -2.07. The van der Waals surface area contributed by atoms with Gasteiger partial charge in [0.15, 0.2) is 0 Å². The van der Waals surface area contributed by atoms with E-state index in [1.165, 1.54) is 6.07 Å². The maximum Gasteiger partial charge on any atom is 0.339 e. The Bertz CT molecular complexity index is 996. The van der Waals surface area contributed by atoms with Gasteiger partial charge in [-0.2, -0.15) is 0 Å². The number of benzene rings is 3. The van der Waals surface area contributed by atoms with Crippen LogP contribution >= 0.6 is 23.2 Å². The lowest BCUT2D eigenvalue weighted by Gasteiger charge is -2.20. The fourth-order valence-electron chi connectivity index (χ4n) is 3.30. The van der Waals surface area contributed by atoms with E-state index in [0.717, 1.165) is 16.7 Å². The predicted octanol–water partition coefficient (Wildman–Crippen LogP) is 6.70. The number of rotatable bonds is 5. The molecule has 0 fully saturated rings. The highest BCUT2D eigenvalue weighted by Crippen LogP contribution is 2.38. The van der Waals surface area contributed by atoms with Crippen LogP contribution in [0.1, 0.15) is 58.3 Å². The molecule has 0 aliphatic carbocycles. The van der Waals surface area contributed by atoms with Gasteiger partial charge in [-0.25, -0.2) is 4.79 Å². The van der Waals surface area contributed by atoms with E-state index in [1.807, 2.05) is 56.3 Å². The molecule has 2 atom stereocenters. The number of phenols is 1. The standard InChI is InChI=1S/C23H20Cl2O3/c1-13(15-3-7-18(24)8-4-15)17-11-20(22(26)21(12-17)23(27)28)14(2)16-5-9-19(25)10-6-16/h3-14,26H,1-2H3,(H,27,28). The average Bonchev–Trinajstić information content (AvgIpc) is 2.68. The number of halogens is 2. The lowest BCUT2D eigenvalue weighted by molar-refractivity contribution is 0.0693. The van der Waals surface area contributed by atoms with Crippen LogP contribution in [-0.2, 0) is 0 Å². The van der Waals surface area contributed by atoms with E-state index in [4.69, 9.17) is 23.2 Å². The molecule has 0 amide bonds. The monoisotopic (exact) mass is 414 g/mol. The van der Waals surface area contributed by atoms with Crippen molar-refractivity contribution in [2.24, 2.45) is 0 Å². The van der Waals surface area contributed by atoms with E-state index in [-0.39, 0.29) is 23.1 Å². The van der Waals surface area contributed by atoms with Gasteiger partial charge in [0, 0.05) is 27.4 Å². The number of carboxylic acids is 1. The third-order valence-corrected chi connectivity index (χ3v) is 5.60. The molecule has 3 aromatic carbocycles. The number of carbonyl (C=O) groups is 1. The zero-order chi connectivity index (χ0) is 20.4. The molecule has 2 N–H and O–H groups in total. The Kier molecular flexibility index (Phi) is 5.97. The zero-order valence-corrected chi connectivity index (χ0v) is 17.0. The number of carboxylic acid groups (broad SMARTS) is 1. The largest absolute Gasteiger partial charge is 0.507 e. The topological polar surface area (TPSA) is 57.5 Å². The van der Waals surface area contributed by atoms with Crippen molar-refractivity contribution in [3.8, 4) is 5.75 Å². The molecule has 28 heavy (non-hydrogen) atoms. The summed E-state index contributed by atoms with van der Waals surface area (Å²) in [6.07, 6.45) is 0. The van der Waals surface area contributed by atoms with E-state index < -0.39 is 5.97 Å². The molecule has 0 saturated heterocycles. The maximum absolute atomic E-state index is 11.7. The Morgan fingerprint density at radius 3 is 1.71 bits per heavy atom. The summed E-state index contributed by atoms with van der Waals surface area (Å²) in [4.78, 5) is 11.7. The van der Waals surface area contributed by atoms with Gasteiger partial charge in [-0.1, -0.05) is 67.4 Å². The summed E-state index contributed by atoms with van der Waals surface area (Å²) in [5, 5.41) is 21.5. The second-order valence-corrected chi connectivity index (χ2v) is 7.73. The van der Waals surface area contributed by atoms with Gasteiger partial charge in [0.1, 0.15) is 11.3 Å². The summed E-state index contributed by atoms with van der Waals surface area (Å²) in [5.41, 5.74) is 3.23. The van der Waals surface area contributed by atoms with Gasteiger partial charge in [-0.05, 0) is 47.0 Å². The first-order chi connectivity index (χ1) is 13.3. The van der Waals surface area contributed by atoms with E-state index in [2.05, 4.69) is 0 Å². The number of hydrogen-bond acceptors (Lipinski definition) is 2. The summed E-state index contributed by atoms with van der Waals surface area (Å²) >= 11 is 11.9. The zero-order valence-electron chi connectivity index (χ0n) is 15.5. The molecule has 0 saturated carbocycles.